The van der Waals surface area contributed by atoms with Crippen LogP contribution in [0.15, 0.2) is 0 Å². The molecule has 1 aliphatic heterocycles. The van der Waals surface area contributed by atoms with E-state index in [-0.39, 0.29) is 11.9 Å². The zero-order valence-electron chi connectivity index (χ0n) is 8.49. The van der Waals surface area contributed by atoms with E-state index in [0.717, 1.165) is 0 Å². The minimum absolute atomic E-state index is 0.0271. The summed E-state index contributed by atoms with van der Waals surface area (Å²) in [7, 11) is 0. The topological polar surface area (TPSA) is 69.6 Å². The molecule has 0 aromatic rings. The van der Waals surface area contributed by atoms with Crippen LogP contribution in [0.3, 0.4) is 0 Å². The summed E-state index contributed by atoms with van der Waals surface area (Å²) in [6, 6.07) is 0.217. The molecule has 1 heterocycles. The smallest absolute Gasteiger partial charge is 0.307 e. The predicted molar refractivity (Wildman–Crippen MR) is 50.8 cm³/mol. The highest BCUT2D eigenvalue weighted by Gasteiger charge is 2.25. The molecule has 0 bridgehead atoms. The Balaban J connectivity index is 2.49. The average Bonchev–Trinajstić information content (AvgIpc) is 2.11. The predicted octanol–water partition coefficient (Wildman–Crippen LogP) is -0.473. The molecular formula is C9H16N2O3. The molecule has 1 saturated heterocycles. The molecule has 5 heteroatoms. The van der Waals surface area contributed by atoms with Crippen molar-refractivity contribution in [2.45, 2.75) is 19.9 Å². The molecule has 0 aliphatic carbocycles. The van der Waals surface area contributed by atoms with Crippen LogP contribution in [0.5, 0.6) is 0 Å². The minimum Gasteiger partial charge on any atom is -0.481 e. The lowest BCUT2D eigenvalue weighted by Gasteiger charge is -2.33. The molecule has 2 atom stereocenters. The number of carbonyl (C=O) groups is 2. The number of nitrogens with zero attached hydrogens (tertiary/aromatic N) is 1. The van der Waals surface area contributed by atoms with E-state index in [2.05, 4.69) is 5.32 Å². The molecule has 80 valence electrons. The normalized spacial score (nSPS) is 25.6. The number of aliphatic carboxylic acids is 1. The summed E-state index contributed by atoms with van der Waals surface area (Å²) < 4.78 is 0. The van der Waals surface area contributed by atoms with Gasteiger partial charge in [-0.3, -0.25) is 14.5 Å². The second kappa shape index (κ2) is 4.41. The first-order chi connectivity index (χ1) is 6.50. The van der Waals surface area contributed by atoms with Crippen molar-refractivity contribution in [3.63, 3.8) is 0 Å². The quantitative estimate of drug-likeness (QED) is 0.646. The van der Waals surface area contributed by atoms with Gasteiger partial charge >= 0.3 is 5.97 Å². The molecule has 0 spiro atoms. The third-order valence-corrected chi connectivity index (χ3v) is 2.49. The van der Waals surface area contributed by atoms with Crippen LogP contribution in [0.25, 0.3) is 0 Å². The van der Waals surface area contributed by atoms with E-state index in [9.17, 15) is 9.59 Å². The summed E-state index contributed by atoms with van der Waals surface area (Å²) in [5.41, 5.74) is 0. The van der Waals surface area contributed by atoms with E-state index in [4.69, 9.17) is 5.11 Å². The standard InChI is InChI=1S/C9H16N2O3/c1-6(9(13)14)4-11-5-8(12)10-3-7(11)2/h6-7H,3-5H2,1-2H3,(H,10,12)(H,13,14). The first-order valence-corrected chi connectivity index (χ1v) is 4.74. The van der Waals surface area contributed by atoms with Gasteiger partial charge in [0.25, 0.3) is 0 Å². The van der Waals surface area contributed by atoms with Crippen LogP contribution in [0.1, 0.15) is 13.8 Å². The van der Waals surface area contributed by atoms with Crippen LogP contribution in [0.4, 0.5) is 0 Å². The number of piperazine rings is 1. The molecule has 1 aliphatic rings. The van der Waals surface area contributed by atoms with Crippen LogP contribution in [0, 0.1) is 5.92 Å². The number of amides is 1. The monoisotopic (exact) mass is 200 g/mol. The highest BCUT2D eigenvalue weighted by molar-refractivity contribution is 5.79. The van der Waals surface area contributed by atoms with Gasteiger partial charge in [-0.15, -0.1) is 0 Å². The van der Waals surface area contributed by atoms with Crippen molar-refractivity contribution >= 4 is 11.9 Å². The third-order valence-electron chi connectivity index (χ3n) is 2.49. The molecule has 0 aromatic heterocycles. The maximum Gasteiger partial charge on any atom is 0.307 e. The van der Waals surface area contributed by atoms with Crippen molar-refractivity contribution in [3.05, 3.63) is 0 Å². The second-order valence-electron chi connectivity index (χ2n) is 3.82. The van der Waals surface area contributed by atoms with E-state index >= 15 is 0 Å². The fraction of sp³-hybridized carbons (Fsp3) is 0.778. The third kappa shape index (κ3) is 2.70. The average molecular weight is 200 g/mol. The summed E-state index contributed by atoms with van der Waals surface area (Å²) in [6.07, 6.45) is 0. The Morgan fingerprint density at radius 1 is 1.79 bits per heavy atom. The molecule has 0 radical (unpaired) electrons. The molecule has 1 amide bonds. The Hall–Kier alpha value is -1.10. The Morgan fingerprint density at radius 2 is 2.43 bits per heavy atom. The van der Waals surface area contributed by atoms with Crippen LogP contribution in [0.2, 0.25) is 0 Å². The van der Waals surface area contributed by atoms with Crippen LogP contribution >= 0.6 is 0 Å². The number of hydrogen-bond donors (Lipinski definition) is 2. The fourth-order valence-electron chi connectivity index (χ4n) is 1.46. The highest BCUT2D eigenvalue weighted by Crippen LogP contribution is 2.07. The van der Waals surface area contributed by atoms with Gasteiger partial charge in [0.15, 0.2) is 0 Å². The largest absolute Gasteiger partial charge is 0.481 e. The van der Waals surface area contributed by atoms with Crippen LogP contribution in [-0.4, -0.2) is 47.6 Å². The maximum absolute atomic E-state index is 11.1. The van der Waals surface area contributed by atoms with Gasteiger partial charge in [-0.1, -0.05) is 6.92 Å². The lowest BCUT2D eigenvalue weighted by Crippen LogP contribution is -2.54. The van der Waals surface area contributed by atoms with Crippen molar-refractivity contribution < 1.29 is 14.7 Å². The molecule has 5 nitrogen and oxygen atoms in total. The lowest BCUT2D eigenvalue weighted by atomic mass is 10.1. The van der Waals surface area contributed by atoms with E-state index in [1.165, 1.54) is 0 Å². The Kier molecular flexibility index (Phi) is 3.46. The van der Waals surface area contributed by atoms with Crippen molar-refractivity contribution in [2.24, 2.45) is 5.92 Å². The Labute approximate surface area is 83.1 Å². The number of nitrogens with one attached hydrogen (secondary N) is 1. The molecule has 2 unspecified atom stereocenters. The van der Waals surface area contributed by atoms with E-state index in [1.54, 1.807) is 6.92 Å². The van der Waals surface area contributed by atoms with Crippen molar-refractivity contribution in [1.29, 1.82) is 0 Å². The van der Waals surface area contributed by atoms with Gasteiger partial charge in [0.2, 0.25) is 5.91 Å². The number of carboxylic acids is 1. The molecule has 0 saturated carbocycles. The maximum atomic E-state index is 11.1. The number of rotatable bonds is 3. The van der Waals surface area contributed by atoms with Crippen molar-refractivity contribution in [2.75, 3.05) is 19.6 Å². The summed E-state index contributed by atoms with van der Waals surface area (Å²) >= 11 is 0. The van der Waals surface area contributed by atoms with Gasteiger partial charge in [-0.2, -0.15) is 0 Å². The fourth-order valence-corrected chi connectivity index (χ4v) is 1.46. The summed E-state index contributed by atoms with van der Waals surface area (Å²) in [5, 5.41) is 11.5. The molecule has 1 fully saturated rings. The SMILES string of the molecule is CC(CN1CC(=O)NCC1C)C(=O)O. The first kappa shape index (κ1) is 11.0. The van der Waals surface area contributed by atoms with Crippen molar-refractivity contribution in [3.8, 4) is 0 Å². The summed E-state index contributed by atoms with van der Waals surface area (Å²) in [4.78, 5) is 23.6. The highest BCUT2D eigenvalue weighted by atomic mass is 16.4. The summed E-state index contributed by atoms with van der Waals surface area (Å²) in [6.45, 7) is 4.98. The van der Waals surface area contributed by atoms with Crippen molar-refractivity contribution in [1.82, 2.24) is 10.2 Å². The van der Waals surface area contributed by atoms with E-state index < -0.39 is 11.9 Å². The van der Waals surface area contributed by atoms with Gasteiger partial charge in [0, 0.05) is 19.1 Å². The minimum atomic E-state index is -0.816. The molecule has 1 rings (SSSR count). The van der Waals surface area contributed by atoms with Gasteiger partial charge in [-0.05, 0) is 6.92 Å². The molecule has 14 heavy (non-hydrogen) atoms. The lowest BCUT2D eigenvalue weighted by molar-refractivity contribution is -0.142. The van der Waals surface area contributed by atoms with Crippen LogP contribution in [-0.2, 0) is 9.59 Å². The van der Waals surface area contributed by atoms with E-state index in [1.807, 2.05) is 11.8 Å². The number of carbonyl (C=O) groups excluding carboxylic acids is 1. The Morgan fingerprint density at radius 3 is 3.00 bits per heavy atom. The molecular weight excluding hydrogens is 184 g/mol. The van der Waals surface area contributed by atoms with Crippen LogP contribution < -0.4 is 5.32 Å². The molecule has 0 aromatic carbocycles. The second-order valence-corrected chi connectivity index (χ2v) is 3.82. The number of carboxylic acid groups (broad SMARTS) is 1. The Bertz CT molecular complexity index is 242. The van der Waals surface area contributed by atoms with Gasteiger partial charge in [0.05, 0.1) is 12.5 Å². The van der Waals surface area contributed by atoms with Gasteiger partial charge in [0.1, 0.15) is 0 Å². The zero-order chi connectivity index (χ0) is 10.7. The summed E-state index contributed by atoms with van der Waals surface area (Å²) in [5.74, 6) is -1.27. The number of hydrogen-bond acceptors (Lipinski definition) is 3. The van der Waals surface area contributed by atoms with Gasteiger partial charge < -0.3 is 10.4 Å². The molecule has 2 N–H and O–H groups in total. The first-order valence-electron chi connectivity index (χ1n) is 4.74. The zero-order valence-corrected chi connectivity index (χ0v) is 8.49. The van der Waals surface area contributed by atoms with Gasteiger partial charge in [-0.25, -0.2) is 0 Å². The van der Waals surface area contributed by atoms with E-state index in [0.29, 0.717) is 19.6 Å².